The van der Waals surface area contributed by atoms with E-state index in [1.54, 1.807) is 4.57 Å². The molecule has 0 aliphatic rings. The molecule has 0 aliphatic heterocycles. The molecule has 2 aromatic heterocycles. The van der Waals surface area contributed by atoms with Crippen molar-refractivity contribution in [3.8, 4) is 10.7 Å². The monoisotopic (exact) mass is 315 g/mol. The number of nitrogens with zero attached hydrogens (tertiary/aromatic N) is 3. The van der Waals surface area contributed by atoms with Crippen LogP contribution < -0.4 is 0 Å². The van der Waals surface area contributed by atoms with Gasteiger partial charge in [0, 0.05) is 6.54 Å². The Morgan fingerprint density at radius 1 is 1.40 bits per heavy atom. The van der Waals surface area contributed by atoms with Crippen LogP contribution in [-0.4, -0.2) is 39.6 Å². The molecule has 6 nitrogen and oxygen atoms in total. The fourth-order valence-electron chi connectivity index (χ4n) is 1.92. The van der Waals surface area contributed by atoms with Crippen LogP contribution in [0.25, 0.3) is 10.7 Å². The van der Waals surface area contributed by atoms with E-state index in [0.29, 0.717) is 12.4 Å². The van der Waals surface area contributed by atoms with Crippen molar-refractivity contribution in [1.29, 1.82) is 0 Å². The number of aliphatic hydroxyl groups is 1. The van der Waals surface area contributed by atoms with Crippen molar-refractivity contribution in [3.63, 3.8) is 0 Å². The highest BCUT2D eigenvalue weighted by Crippen LogP contribution is 2.26. The first-order valence-electron chi connectivity index (χ1n) is 6.17. The third-order valence-corrected chi connectivity index (χ3v) is 5.41. The molecule has 8 heteroatoms. The zero-order chi connectivity index (χ0) is 15.0. The summed E-state index contributed by atoms with van der Waals surface area (Å²) in [4.78, 5) is 0.865. The van der Waals surface area contributed by atoms with Gasteiger partial charge in [0.2, 0.25) is 15.0 Å². The Labute approximate surface area is 122 Å². The second kappa shape index (κ2) is 5.27. The lowest BCUT2D eigenvalue weighted by molar-refractivity contribution is 0.105. The van der Waals surface area contributed by atoms with Gasteiger partial charge in [-0.25, -0.2) is 8.42 Å². The third kappa shape index (κ3) is 3.08. The Morgan fingerprint density at radius 3 is 2.60 bits per heavy atom. The SMILES string of the molecule is CCn1c(-c2cccs2)nnc1S(=O)(=O)CC(C)(C)O. The molecule has 0 radical (unpaired) electrons. The maximum Gasteiger partial charge on any atom is 0.250 e. The summed E-state index contributed by atoms with van der Waals surface area (Å²) in [6.07, 6.45) is 0. The van der Waals surface area contributed by atoms with E-state index in [-0.39, 0.29) is 10.9 Å². The normalized spacial score (nSPS) is 12.8. The molecular formula is C12H17N3O3S2. The summed E-state index contributed by atoms with van der Waals surface area (Å²) in [5.74, 6) is 0.152. The summed E-state index contributed by atoms with van der Waals surface area (Å²) in [5.41, 5.74) is -1.31. The maximum absolute atomic E-state index is 12.3. The van der Waals surface area contributed by atoms with Crippen LogP contribution in [0.5, 0.6) is 0 Å². The topological polar surface area (TPSA) is 85.1 Å². The van der Waals surface area contributed by atoms with Crippen molar-refractivity contribution in [2.75, 3.05) is 5.75 Å². The number of aromatic nitrogens is 3. The van der Waals surface area contributed by atoms with Crippen LogP contribution in [0.15, 0.2) is 22.7 Å². The largest absolute Gasteiger partial charge is 0.389 e. The van der Waals surface area contributed by atoms with Crippen molar-refractivity contribution in [2.24, 2.45) is 0 Å². The first-order chi connectivity index (χ1) is 9.24. The van der Waals surface area contributed by atoms with Gasteiger partial charge in [-0.2, -0.15) is 0 Å². The van der Waals surface area contributed by atoms with Crippen LogP contribution in [0.4, 0.5) is 0 Å². The van der Waals surface area contributed by atoms with E-state index >= 15 is 0 Å². The minimum Gasteiger partial charge on any atom is -0.389 e. The van der Waals surface area contributed by atoms with Gasteiger partial charge in [-0.05, 0) is 32.2 Å². The standard InChI is InChI=1S/C12H17N3O3S2/c1-4-15-10(9-6-5-7-19-9)13-14-11(15)20(17,18)8-12(2,3)16/h5-7,16H,4,8H2,1-3H3. The van der Waals surface area contributed by atoms with Crippen molar-refractivity contribution in [2.45, 2.75) is 38.1 Å². The van der Waals surface area contributed by atoms with Crippen molar-refractivity contribution >= 4 is 21.2 Å². The van der Waals surface area contributed by atoms with Crippen LogP contribution >= 0.6 is 11.3 Å². The van der Waals surface area contributed by atoms with Gasteiger partial charge in [-0.15, -0.1) is 21.5 Å². The Morgan fingerprint density at radius 2 is 2.10 bits per heavy atom. The van der Waals surface area contributed by atoms with Gasteiger partial charge in [-0.1, -0.05) is 6.07 Å². The predicted molar refractivity (Wildman–Crippen MR) is 77.4 cm³/mol. The van der Waals surface area contributed by atoms with E-state index in [4.69, 9.17) is 0 Å². The van der Waals surface area contributed by atoms with E-state index in [0.717, 1.165) is 4.88 Å². The first-order valence-corrected chi connectivity index (χ1v) is 8.70. The molecule has 0 amide bonds. The molecule has 0 aliphatic carbocycles. The summed E-state index contributed by atoms with van der Waals surface area (Å²) in [7, 11) is -3.69. The average molecular weight is 315 g/mol. The molecule has 1 N–H and O–H groups in total. The van der Waals surface area contributed by atoms with Gasteiger partial charge < -0.3 is 5.11 Å². The van der Waals surface area contributed by atoms with Crippen LogP contribution in [-0.2, 0) is 16.4 Å². The number of thiophene rings is 1. The Balaban J connectivity index is 2.49. The minimum absolute atomic E-state index is 0.0921. The molecule has 0 bridgehead atoms. The number of rotatable bonds is 5. The predicted octanol–water partition coefficient (Wildman–Crippen LogP) is 1.57. The molecule has 0 spiro atoms. The first kappa shape index (κ1) is 15.1. The molecule has 0 fully saturated rings. The number of hydrogen-bond acceptors (Lipinski definition) is 6. The zero-order valence-corrected chi connectivity index (χ0v) is 13.2. The lowest BCUT2D eigenvalue weighted by atomic mass is 10.2. The fourth-order valence-corrected chi connectivity index (χ4v) is 4.41. The summed E-state index contributed by atoms with van der Waals surface area (Å²) in [6.45, 7) is 5.19. The van der Waals surface area contributed by atoms with Gasteiger partial charge in [0.05, 0.1) is 16.2 Å². The molecule has 0 saturated heterocycles. The summed E-state index contributed by atoms with van der Waals surface area (Å²) in [6, 6.07) is 3.74. The Bertz CT molecular complexity index is 682. The van der Waals surface area contributed by atoms with Crippen LogP contribution in [0.1, 0.15) is 20.8 Å². The lowest BCUT2D eigenvalue weighted by Gasteiger charge is -2.16. The van der Waals surface area contributed by atoms with Gasteiger partial charge in [0.25, 0.3) is 0 Å². The molecule has 0 atom stereocenters. The van der Waals surface area contributed by atoms with Crippen molar-refractivity contribution < 1.29 is 13.5 Å². The van der Waals surface area contributed by atoms with Crippen molar-refractivity contribution in [3.05, 3.63) is 17.5 Å². The summed E-state index contributed by atoms with van der Waals surface area (Å²) < 4.78 is 26.2. The highest BCUT2D eigenvalue weighted by Gasteiger charge is 2.30. The van der Waals surface area contributed by atoms with E-state index in [9.17, 15) is 13.5 Å². The highest BCUT2D eigenvalue weighted by atomic mass is 32.2. The van der Waals surface area contributed by atoms with E-state index in [2.05, 4.69) is 10.2 Å². The van der Waals surface area contributed by atoms with E-state index < -0.39 is 15.4 Å². The maximum atomic E-state index is 12.3. The number of sulfone groups is 1. The molecule has 2 heterocycles. The lowest BCUT2D eigenvalue weighted by Crippen LogP contribution is -2.31. The fraction of sp³-hybridized carbons (Fsp3) is 0.500. The second-order valence-electron chi connectivity index (χ2n) is 5.10. The second-order valence-corrected chi connectivity index (χ2v) is 7.93. The van der Waals surface area contributed by atoms with Crippen LogP contribution in [0.3, 0.4) is 0 Å². The molecule has 110 valence electrons. The van der Waals surface area contributed by atoms with Gasteiger partial charge in [-0.3, -0.25) is 4.57 Å². The van der Waals surface area contributed by atoms with Crippen LogP contribution in [0.2, 0.25) is 0 Å². The third-order valence-electron chi connectivity index (χ3n) is 2.60. The van der Waals surface area contributed by atoms with Gasteiger partial charge in [0.1, 0.15) is 0 Å². The molecule has 2 rings (SSSR count). The van der Waals surface area contributed by atoms with E-state index in [1.165, 1.54) is 25.2 Å². The average Bonchev–Trinajstić information content (AvgIpc) is 2.94. The molecule has 20 heavy (non-hydrogen) atoms. The Kier molecular flexibility index (Phi) is 3.99. The molecule has 0 unspecified atom stereocenters. The smallest absolute Gasteiger partial charge is 0.250 e. The minimum atomic E-state index is -3.69. The van der Waals surface area contributed by atoms with Gasteiger partial charge >= 0.3 is 0 Å². The molecule has 2 aromatic rings. The van der Waals surface area contributed by atoms with E-state index in [1.807, 2.05) is 24.4 Å². The summed E-state index contributed by atoms with van der Waals surface area (Å²) >= 11 is 1.48. The zero-order valence-electron chi connectivity index (χ0n) is 11.6. The van der Waals surface area contributed by atoms with Gasteiger partial charge in [0.15, 0.2) is 5.82 Å². The van der Waals surface area contributed by atoms with Crippen LogP contribution in [0, 0.1) is 0 Å². The number of hydrogen-bond donors (Lipinski definition) is 1. The quantitative estimate of drug-likeness (QED) is 0.905. The molecule has 0 saturated carbocycles. The molecular weight excluding hydrogens is 298 g/mol. The summed E-state index contributed by atoms with van der Waals surface area (Å²) in [5, 5.41) is 19.3. The highest BCUT2D eigenvalue weighted by molar-refractivity contribution is 7.91. The molecule has 0 aromatic carbocycles. The Hall–Kier alpha value is -1.25. The van der Waals surface area contributed by atoms with Crippen molar-refractivity contribution in [1.82, 2.24) is 14.8 Å².